The van der Waals surface area contributed by atoms with Gasteiger partial charge in [-0.2, -0.15) is 0 Å². The molecule has 192 valence electrons. The normalized spacial score (nSPS) is 16.2. The maximum absolute atomic E-state index is 12.5. The molecule has 6 rings (SSSR count). The number of aldehydes is 1. The molecule has 1 N–H and O–H groups in total. The van der Waals surface area contributed by atoms with E-state index < -0.39 is 5.97 Å². The van der Waals surface area contributed by atoms with E-state index in [9.17, 15) is 14.7 Å². The van der Waals surface area contributed by atoms with E-state index in [-0.39, 0.29) is 0 Å². The van der Waals surface area contributed by atoms with Crippen molar-refractivity contribution in [1.29, 1.82) is 0 Å². The molecule has 0 atom stereocenters. The number of carboxylic acids is 1. The Morgan fingerprint density at radius 2 is 1.84 bits per heavy atom. The molecule has 37 heavy (non-hydrogen) atoms. The Kier molecular flexibility index (Phi) is 6.15. The van der Waals surface area contributed by atoms with Gasteiger partial charge in [-0.25, -0.2) is 4.79 Å². The van der Waals surface area contributed by atoms with E-state index in [4.69, 9.17) is 0 Å². The van der Waals surface area contributed by atoms with Gasteiger partial charge >= 0.3 is 5.97 Å². The van der Waals surface area contributed by atoms with Crippen LogP contribution in [-0.2, 0) is 19.6 Å². The number of carbonyl (C=O) groups is 2. The zero-order valence-electron chi connectivity index (χ0n) is 21.8. The first-order valence-electron chi connectivity index (χ1n) is 13.7. The molecule has 0 saturated heterocycles. The fourth-order valence-corrected chi connectivity index (χ4v) is 6.83. The number of fused-ring (bicyclic) bond motifs is 4. The first-order valence-corrected chi connectivity index (χ1v) is 13.7. The van der Waals surface area contributed by atoms with Gasteiger partial charge in [-0.05, 0) is 56.5 Å². The van der Waals surface area contributed by atoms with Crippen LogP contribution in [0.2, 0.25) is 0 Å². The van der Waals surface area contributed by atoms with Gasteiger partial charge in [-0.15, -0.1) is 0 Å². The minimum atomic E-state index is -0.890. The highest BCUT2D eigenvalue weighted by Crippen LogP contribution is 2.47. The Morgan fingerprint density at radius 1 is 1.05 bits per heavy atom. The van der Waals surface area contributed by atoms with Crippen molar-refractivity contribution in [3.8, 4) is 11.3 Å². The van der Waals surface area contributed by atoms with E-state index in [0.29, 0.717) is 11.5 Å². The molecule has 0 amide bonds. The van der Waals surface area contributed by atoms with Gasteiger partial charge in [-0.1, -0.05) is 50.5 Å². The van der Waals surface area contributed by atoms with Crippen LogP contribution in [0, 0.1) is 0 Å². The molecule has 4 aromatic rings. The van der Waals surface area contributed by atoms with E-state index in [1.165, 1.54) is 41.5 Å². The van der Waals surface area contributed by atoms with Crippen LogP contribution in [0.1, 0.15) is 83.3 Å². The summed E-state index contributed by atoms with van der Waals surface area (Å²) in [6.07, 6.45) is 7.98. The average molecular weight is 498 g/mol. The number of nitrogens with zero attached hydrogens (tertiary/aromatic N) is 3. The van der Waals surface area contributed by atoms with E-state index >= 15 is 0 Å². The third-order valence-electron chi connectivity index (χ3n) is 8.69. The molecule has 0 bridgehead atoms. The largest absolute Gasteiger partial charge is 0.478 e. The zero-order valence-corrected chi connectivity index (χ0v) is 21.8. The lowest BCUT2D eigenvalue weighted by molar-refractivity contribution is 0.0697. The predicted molar refractivity (Wildman–Crippen MR) is 148 cm³/mol. The third-order valence-corrected chi connectivity index (χ3v) is 8.69. The number of aromatic nitrogens is 2. The summed E-state index contributed by atoms with van der Waals surface area (Å²) in [4.78, 5) is 26.6. The van der Waals surface area contributed by atoms with Crippen molar-refractivity contribution >= 4 is 34.1 Å². The highest BCUT2D eigenvalue weighted by Gasteiger charge is 2.30. The minimum absolute atomic E-state index is 0.333. The number of hydrogen-bond donors (Lipinski definition) is 1. The molecular formula is C31H35N3O3. The first kappa shape index (κ1) is 24.0. The summed E-state index contributed by atoms with van der Waals surface area (Å²) in [7, 11) is 2.10. The van der Waals surface area contributed by atoms with Gasteiger partial charge < -0.3 is 19.1 Å². The van der Waals surface area contributed by atoms with Crippen molar-refractivity contribution in [3.05, 3.63) is 58.8 Å². The van der Waals surface area contributed by atoms with Gasteiger partial charge in [0.1, 0.15) is 0 Å². The number of aryl methyl sites for hydroxylation is 2. The van der Waals surface area contributed by atoms with Crippen LogP contribution in [0.5, 0.6) is 0 Å². The van der Waals surface area contributed by atoms with Crippen LogP contribution < -0.4 is 0 Å². The van der Waals surface area contributed by atoms with Crippen molar-refractivity contribution in [2.24, 2.45) is 0 Å². The molecule has 6 nitrogen and oxygen atoms in total. The lowest BCUT2D eigenvalue weighted by Gasteiger charge is -2.25. The monoisotopic (exact) mass is 497 g/mol. The van der Waals surface area contributed by atoms with Crippen molar-refractivity contribution in [1.82, 2.24) is 14.0 Å². The van der Waals surface area contributed by atoms with Gasteiger partial charge in [-0.3, -0.25) is 4.79 Å². The van der Waals surface area contributed by atoms with Crippen LogP contribution in [-0.4, -0.2) is 45.0 Å². The van der Waals surface area contributed by atoms with E-state index in [0.717, 1.165) is 79.4 Å². The topological polar surface area (TPSA) is 67.5 Å². The number of aromatic carboxylic acids is 1. The lowest BCUT2D eigenvalue weighted by Crippen LogP contribution is -2.18. The summed E-state index contributed by atoms with van der Waals surface area (Å²) in [5, 5.41) is 12.1. The Bertz CT molecular complexity index is 1520. The summed E-state index contributed by atoms with van der Waals surface area (Å²) >= 11 is 0. The van der Waals surface area contributed by atoms with Crippen LogP contribution in [0.4, 0.5) is 0 Å². The Labute approximate surface area is 217 Å². The molecule has 2 aromatic carbocycles. The summed E-state index contributed by atoms with van der Waals surface area (Å²) in [5.74, 6) is -0.434. The molecular weight excluding hydrogens is 462 g/mol. The molecule has 6 heteroatoms. The highest BCUT2D eigenvalue weighted by molar-refractivity contribution is 6.05. The predicted octanol–water partition coefficient (Wildman–Crippen LogP) is 6.68. The van der Waals surface area contributed by atoms with Gasteiger partial charge in [0.15, 0.2) is 6.29 Å². The second kappa shape index (κ2) is 9.49. The number of rotatable bonds is 6. The van der Waals surface area contributed by atoms with Gasteiger partial charge in [0.05, 0.1) is 22.5 Å². The molecule has 0 radical (unpaired) electrons. The second-order valence-electron chi connectivity index (χ2n) is 10.8. The smallest absolute Gasteiger partial charge is 0.335 e. The van der Waals surface area contributed by atoms with Crippen molar-refractivity contribution in [2.45, 2.75) is 71.0 Å². The standard InChI is InChI=1S/C31H35N3O3/c1-3-32(2)18-25-22-11-7-12-24-29(22)34(27(25)19-35)16-8-15-33-26-17-21(31(36)37)13-14-23(26)28(30(24)33)20-9-5-4-6-10-20/h7,11-14,17,19-20H,3-6,8-10,15-16,18H2,1-2H3,(H,36,37). The van der Waals surface area contributed by atoms with Crippen molar-refractivity contribution < 1.29 is 14.7 Å². The molecule has 2 aliphatic rings. The number of carbonyl (C=O) groups excluding carboxylic acids is 1. The van der Waals surface area contributed by atoms with Gasteiger partial charge in [0.2, 0.25) is 0 Å². The van der Waals surface area contributed by atoms with E-state index in [2.05, 4.69) is 46.2 Å². The van der Waals surface area contributed by atoms with Crippen LogP contribution in [0.3, 0.4) is 0 Å². The number of para-hydroxylation sites is 1. The molecule has 0 spiro atoms. The summed E-state index contributed by atoms with van der Waals surface area (Å²) in [6, 6.07) is 12.2. The Balaban J connectivity index is 1.70. The molecule has 0 unspecified atom stereocenters. The number of hydrogen-bond acceptors (Lipinski definition) is 3. The van der Waals surface area contributed by atoms with E-state index in [1.54, 1.807) is 6.07 Å². The third kappa shape index (κ3) is 3.81. The molecule has 2 aromatic heterocycles. The fraction of sp³-hybridized carbons (Fsp3) is 0.419. The molecule has 3 heterocycles. The first-order chi connectivity index (χ1) is 18.0. The van der Waals surface area contributed by atoms with Crippen LogP contribution >= 0.6 is 0 Å². The minimum Gasteiger partial charge on any atom is -0.478 e. The second-order valence-corrected chi connectivity index (χ2v) is 10.8. The Morgan fingerprint density at radius 3 is 2.57 bits per heavy atom. The fourth-order valence-electron chi connectivity index (χ4n) is 6.83. The molecule has 1 aliphatic heterocycles. The van der Waals surface area contributed by atoms with Crippen molar-refractivity contribution in [2.75, 3.05) is 13.6 Å². The average Bonchev–Trinajstić information content (AvgIpc) is 3.39. The summed E-state index contributed by atoms with van der Waals surface area (Å²) in [5.41, 5.74) is 8.15. The summed E-state index contributed by atoms with van der Waals surface area (Å²) in [6.45, 7) is 5.33. The SMILES string of the molecule is CCN(C)Cc1c(C=O)n2c3c(cccc13)-c1c(C3CCCCC3)c3ccc(C(=O)O)cc3n1CCC2. The maximum atomic E-state index is 12.5. The van der Waals surface area contributed by atoms with Crippen LogP contribution in [0.15, 0.2) is 36.4 Å². The lowest BCUT2D eigenvalue weighted by atomic mass is 9.81. The molecule has 1 fully saturated rings. The zero-order chi connectivity index (χ0) is 25.7. The van der Waals surface area contributed by atoms with Crippen molar-refractivity contribution in [3.63, 3.8) is 0 Å². The van der Waals surface area contributed by atoms with Crippen LogP contribution in [0.25, 0.3) is 33.1 Å². The number of carboxylic acid groups (broad SMARTS) is 1. The summed E-state index contributed by atoms with van der Waals surface area (Å²) < 4.78 is 4.64. The highest BCUT2D eigenvalue weighted by atomic mass is 16.4. The van der Waals surface area contributed by atoms with Gasteiger partial charge in [0, 0.05) is 47.1 Å². The van der Waals surface area contributed by atoms with Gasteiger partial charge in [0.25, 0.3) is 0 Å². The number of benzene rings is 2. The molecule has 1 aliphatic carbocycles. The van der Waals surface area contributed by atoms with E-state index in [1.807, 2.05) is 12.1 Å². The quantitative estimate of drug-likeness (QED) is 0.302. The Hall–Kier alpha value is -3.38. The molecule has 1 saturated carbocycles. The maximum Gasteiger partial charge on any atom is 0.335 e.